The van der Waals surface area contributed by atoms with Crippen LogP contribution in [-0.4, -0.2) is 55.1 Å². The van der Waals surface area contributed by atoms with Gasteiger partial charge in [0.25, 0.3) is 0 Å². The van der Waals surface area contributed by atoms with Crippen molar-refractivity contribution in [3.63, 3.8) is 0 Å². The molecule has 3 nitrogen and oxygen atoms in total. The highest BCUT2D eigenvalue weighted by Crippen LogP contribution is 2.18. The zero-order chi connectivity index (χ0) is 9.90. The molecule has 1 heterocycles. The van der Waals surface area contributed by atoms with Crippen LogP contribution in [0.1, 0.15) is 0 Å². The van der Waals surface area contributed by atoms with Gasteiger partial charge in [-0.2, -0.15) is 13.2 Å². The summed E-state index contributed by atoms with van der Waals surface area (Å²) < 4.78 is 40.8. The monoisotopic (exact) mass is 199 g/mol. The highest BCUT2D eigenvalue weighted by Gasteiger charge is 2.32. The van der Waals surface area contributed by atoms with Crippen molar-refractivity contribution in [3.8, 4) is 0 Å². The van der Waals surface area contributed by atoms with Crippen molar-refractivity contribution >= 4 is 0 Å². The van der Waals surface area contributed by atoms with Gasteiger partial charge in [-0.1, -0.05) is 0 Å². The number of nitrogens with zero attached hydrogens (tertiary/aromatic N) is 1. The summed E-state index contributed by atoms with van der Waals surface area (Å²) in [6, 6.07) is 0. The topological polar surface area (TPSA) is 32.7 Å². The minimum Gasteiger partial charge on any atom is -0.394 e. The molecule has 1 saturated heterocycles. The molecule has 0 aromatic rings. The van der Waals surface area contributed by atoms with Crippen LogP contribution in [0.5, 0.6) is 0 Å². The van der Waals surface area contributed by atoms with Crippen LogP contribution in [0.4, 0.5) is 13.2 Å². The van der Waals surface area contributed by atoms with E-state index in [1.807, 2.05) is 0 Å². The summed E-state index contributed by atoms with van der Waals surface area (Å²) in [6.45, 7) is -0.478. The fraction of sp³-hybridized carbons (Fsp3) is 1.00. The highest BCUT2D eigenvalue weighted by molar-refractivity contribution is 4.72. The van der Waals surface area contributed by atoms with Crippen LogP contribution in [0, 0.1) is 0 Å². The van der Waals surface area contributed by atoms with Gasteiger partial charge in [0.05, 0.1) is 25.9 Å². The van der Waals surface area contributed by atoms with E-state index in [4.69, 9.17) is 9.84 Å². The van der Waals surface area contributed by atoms with E-state index in [1.165, 1.54) is 4.90 Å². The molecular weight excluding hydrogens is 187 g/mol. The van der Waals surface area contributed by atoms with Gasteiger partial charge in [0.2, 0.25) is 0 Å². The van der Waals surface area contributed by atoms with Crippen molar-refractivity contribution in [2.45, 2.75) is 12.3 Å². The number of halogens is 3. The maximum absolute atomic E-state index is 11.9. The highest BCUT2D eigenvalue weighted by atomic mass is 19.4. The first kappa shape index (κ1) is 10.7. The number of morpholine rings is 1. The van der Waals surface area contributed by atoms with Crippen molar-refractivity contribution in [1.29, 1.82) is 0 Å². The van der Waals surface area contributed by atoms with Gasteiger partial charge >= 0.3 is 6.18 Å². The average molecular weight is 199 g/mol. The van der Waals surface area contributed by atoms with E-state index in [2.05, 4.69) is 0 Å². The molecule has 1 N–H and O–H groups in total. The Morgan fingerprint density at radius 1 is 1.46 bits per heavy atom. The number of aliphatic hydroxyl groups excluding tert-OH is 1. The van der Waals surface area contributed by atoms with Gasteiger partial charge in [0, 0.05) is 13.1 Å². The Kier molecular flexibility index (Phi) is 3.52. The molecule has 1 rings (SSSR count). The van der Waals surface area contributed by atoms with E-state index in [9.17, 15) is 13.2 Å². The third-order valence-electron chi connectivity index (χ3n) is 1.83. The van der Waals surface area contributed by atoms with Gasteiger partial charge in [-0.15, -0.1) is 0 Å². The van der Waals surface area contributed by atoms with E-state index in [0.717, 1.165) is 0 Å². The molecule has 0 radical (unpaired) electrons. The Bertz CT molecular complexity index is 162. The number of hydrogen-bond donors (Lipinski definition) is 1. The molecule has 1 aliphatic heterocycles. The van der Waals surface area contributed by atoms with Gasteiger partial charge in [-0.3, -0.25) is 4.90 Å². The summed E-state index contributed by atoms with van der Waals surface area (Å²) in [6.07, 6.45) is -4.65. The van der Waals surface area contributed by atoms with Crippen molar-refractivity contribution < 1.29 is 23.0 Å². The molecule has 13 heavy (non-hydrogen) atoms. The first-order chi connectivity index (χ1) is 6.01. The lowest BCUT2D eigenvalue weighted by Crippen LogP contribution is -2.47. The Morgan fingerprint density at radius 2 is 2.15 bits per heavy atom. The molecule has 0 bridgehead atoms. The molecule has 0 aromatic heterocycles. The van der Waals surface area contributed by atoms with Crippen LogP contribution in [-0.2, 0) is 4.74 Å². The summed E-state index contributed by atoms with van der Waals surface area (Å²) >= 11 is 0. The average Bonchev–Trinajstić information content (AvgIpc) is 2.01. The second-order valence-electron chi connectivity index (χ2n) is 3.03. The van der Waals surface area contributed by atoms with E-state index >= 15 is 0 Å². The number of ether oxygens (including phenoxy) is 1. The predicted molar refractivity (Wildman–Crippen MR) is 39.3 cm³/mol. The zero-order valence-electron chi connectivity index (χ0n) is 7.05. The van der Waals surface area contributed by atoms with Crippen LogP contribution < -0.4 is 0 Å². The van der Waals surface area contributed by atoms with Crippen LogP contribution >= 0.6 is 0 Å². The molecule has 0 amide bonds. The molecule has 78 valence electrons. The first-order valence-electron chi connectivity index (χ1n) is 4.03. The summed E-state index contributed by atoms with van der Waals surface area (Å²) in [5.41, 5.74) is 0. The Hall–Kier alpha value is -0.330. The number of hydrogen-bond acceptors (Lipinski definition) is 3. The van der Waals surface area contributed by atoms with Gasteiger partial charge in [0.15, 0.2) is 0 Å². The second kappa shape index (κ2) is 4.26. The smallest absolute Gasteiger partial charge is 0.394 e. The van der Waals surface area contributed by atoms with E-state index < -0.39 is 18.8 Å². The number of rotatable bonds is 2. The third kappa shape index (κ3) is 3.93. The predicted octanol–water partition coefficient (Wildman–Crippen LogP) is 0.242. The molecule has 1 atom stereocenters. The first-order valence-corrected chi connectivity index (χ1v) is 4.03. The van der Waals surface area contributed by atoms with E-state index in [0.29, 0.717) is 0 Å². The molecule has 6 heteroatoms. The number of alkyl halides is 3. The summed E-state index contributed by atoms with van der Waals surface area (Å²) in [5.74, 6) is 0. The zero-order valence-corrected chi connectivity index (χ0v) is 7.05. The standard InChI is InChI=1S/C7H12F3NO2/c8-7(9,10)5-11-1-2-13-6(3-11)4-12/h6,12H,1-5H2. The maximum atomic E-state index is 11.9. The number of aliphatic hydroxyl groups is 1. The largest absolute Gasteiger partial charge is 0.401 e. The van der Waals surface area contributed by atoms with Crippen LogP contribution in [0.15, 0.2) is 0 Å². The molecule has 1 unspecified atom stereocenters. The van der Waals surface area contributed by atoms with Crippen molar-refractivity contribution in [2.24, 2.45) is 0 Å². The maximum Gasteiger partial charge on any atom is 0.401 e. The lowest BCUT2D eigenvalue weighted by Gasteiger charge is -2.32. The Balaban J connectivity index is 2.34. The molecule has 0 aliphatic carbocycles. The molecular formula is C7H12F3NO2. The SMILES string of the molecule is OCC1CN(CC(F)(F)F)CCO1. The van der Waals surface area contributed by atoms with Crippen LogP contribution in [0.2, 0.25) is 0 Å². The van der Waals surface area contributed by atoms with Crippen LogP contribution in [0.25, 0.3) is 0 Å². The fourth-order valence-electron chi connectivity index (χ4n) is 1.29. The minimum atomic E-state index is -4.17. The molecule has 1 aliphatic rings. The molecule has 0 aromatic carbocycles. The van der Waals surface area contributed by atoms with E-state index in [1.54, 1.807) is 0 Å². The molecule has 0 saturated carbocycles. The van der Waals surface area contributed by atoms with Gasteiger partial charge in [-0.05, 0) is 0 Å². The second-order valence-corrected chi connectivity index (χ2v) is 3.03. The summed E-state index contributed by atoms with van der Waals surface area (Å²) in [5, 5.41) is 8.67. The quantitative estimate of drug-likeness (QED) is 0.691. The van der Waals surface area contributed by atoms with Gasteiger partial charge in [0.1, 0.15) is 0 Å². The minimum absolute atomic E-state index is 0.149. The van der Waals surface area contributed by atoms with Crippen molar-refractivity contribution in [1.82, 2.24) is 4.90 Å². The van der Waals surface area contributed by atoms with E-state index in [-0.39, 0.29) is 26.3 Å². The summed E-state index contributed by atoms with van der Waals surface area (Å²) in [4.78, 5) is 1.24. The Morgan fingerprint density at radius 3 is 2.69 bits per heavy atom. The fourth-order valence-corrected chi connectivity index (χ4v) is 1.29. The lowest BCUT2D eigenvalue weighted by atomic mass is 10.3. The third-order valence-corrected chi connectivity index (χ3v) is 1.83. The Labute approximate surface area is 74.1 Å². The van der Waals surface area contributed by atoms with Crippen LogP contribution in [0.3, 0.4) is 0 Å². The lowest BCUT2D eigenvalue weighted by molar-refractivity contribution is -0.161. The van der Waals surface area contributed by atoms with Crippen molar-refractivity contribution in [2.75, 3.05) is 32.8 Å². The van der Waals surface area contributed by atoms with Gasteiger partial charge in [-0.25, -0.2) is 0 Å². The summed E-state index contributed by atoms with van der Waals surface area (Å²) in [7, 11) is 0. The molecule has 1 fully saturated rings. The normalized spacial score (nSPS) is 26.3. The molecule has 0 spiro atoms. The van der Waals surface area contributed by atoms with Gasteiger partial charge < -0.3 is 9.84 Å². The van der Waals surface area contributed by atoms with Crippen molar-refractivity contribution in [3.05, 3.63) is 0 Å².